The number of likely N-dealkylation sites (N-methyl/N-ethyl adjacent to an activating group) is 1. The number of nitrogens with zero attached hydrogens (tertiary/aromatic N) is 1. The van der Waals surface area contributed by atoms with Crippen molar-refractivity contribution in [3.05, 3.63) is 0 Å². The Kier molecular flexibility index (Phi) is 4.99. The molecule has 0 aromatic carbocycles. The fraction of sp³-hybridized carbons (Fsp3) is 0.929. The maximum atomic E-state index is 12.2. The third-order valence-corrected chi connectivity index (χ3v) is 3.83. The van der Waals surface area contributed by atoms with Crippen molar-refractivity contribution in [2.24, 2.45) is 17.1 Å². The minimum absolute atomic E-state index is 0.0862. The summed E-state index contributed by atoms with van der Waals surface area (Å²) in [6.45, 7) is 6.93. The zero-order valence-corrected chi connectivity index (χ0v) is 11.8. The number of rotatable bonds is 3. The van der Waals surface area contributed by atoms with E-state index >= 15 is 0 Å². The van der Waals surface area contributed by atoms with Gasteiger partial charge in [0.1, 0.15) is 0 Å². The maximum absolute atomic E-state index is 12.2. The summed E-state index contributed by atoms with van der Waals surface area (Å²) in [6.07, 6.45) is 6.52. The molecule has 1 atom stereocenters. The van der Waals surface area contributed by atoms with E-state index in [9.17, 15) is 4.79 Å². The number of hydrogen-bond acceptors (Lipinski definition) is 2. The van der Waals surface area contributed by atoms with Crippen molar-refractivity contribution in [1.29, 1.82) is 0 Å². The Hall–Kier alpha value is -0.570. The second-order valence-corrected chi connectivity index (χ2v) is 6.57. The smallest absolute Gasteiger partial charge is 0.239 e. The van der Waals surface area contributed by atoms with E-state index in [-0.39, 0.29) is 11.3 Å². The summed E-state index contributed by atoms with van der Waals surface area (Å²) in [6, 6.07) is -0.393. The molecular formula is C14H28N2O. The van der Waals surface area contributed by atoms with Crippen LogP contribution in [0, 0.1) is 11.3 Å². The largest absolute Gasteiger partial charge is 0.344 e. The Labute approximate surface area is 106 Å². The van der Waals surface area contributed by atoms with E-state index in [4.69, 9.17) is 5.73 Å². The van der Waals surface area contributed by atoms with Gasteiger partial charge in [0, 0.05) is 13.6 Å². The Morgan fingerprint density at radius 2 is 1.82 bits per heavy atom. The summed E-state index contributed by atoms with van der Waals surface area (Å²) in [5.41, 5.74) is 5.85. The molecular weight excluding hydrogens is 212 g/mol. The van der Waals surface area contributed by atoms with Crippen LogP contribution in [-0.2, 0) is 4.79 Å². The fourth-order valence-corrected chi connectivity index (χ4v) is 2.45. The van der Waals surface area contributed by atoms with Crippen LogP contribution in [0.4, 0.5) is 0 Å². The lowest BCUT2D eigenvalue weighted by molar-refractivity contribution is -0.134. The molecule has 0 bridgehead atoms. The van der Waals surface area contributed by atoms with Crippen molar-refractivity contribution in [2.75, 3.05) is 13.6 Å². The predicted octanol–water partition coefficient (Wildman–Crippen LogP) is 2.40. The van der Waals surface area contributed by atoms with Crippen LogP contribution >= 0.6 is 0 Å². The van der Waals surface area contributed by atoms with Gasteiger partial charge in [0.15, 0.2) is 0 Å². The third kappa shape index (κ3) is 4.30. The fourth-order valence-electron chi connectivity index (χ4n) is 2.45. The van der Waals surface area contributed by atoms with E-state index in [0.717, 1.165) is 6.54 Å². The lowest BCUT2D eigenvalue weighted by atomic mass is 9.85. The molecule has 1 aliphatic carbocycles. The van der Waals surface area contributed by atoms with Crippen LogP contribution in [0.5, 0.6) is 0 Å². The summed E-state index contributed by atoms with van der Waals surface area (Å²) in [5, 5.41) is 0. The standard InChI is InChI=1S/C14H28N2O/c1-14(2,3)12(15)13(17)16(4)10-11-8-6-5-7-9-11/h11-12H,5-10,15H2,1-4H3/t12-/m0/s1. The van der Waals surface area contributed by atoms with Gasteiger partial charge in [0.2, 0.25) is 5.91 Å². The van der Waals surface area contributed by atoms with Crippen LogP contribution in [-0.4, -0.2) is 30.4 Å². The minimum atomic E-state index is -0.393. The molecule has 1 amide bonds. The van der Waals surface area contributed by atoms with Crippen molar-refractivity contribution in [2.45, 2.75) is 58.9 Å². The lowest BCUT2D eigenvalue weighted by Crippen LogP contribution is -2.50. The number of amides is 1. The highest BCUT2D eigenvalue weighted by atomic mass is 16.2. The number of carbonyl (C=O) groups excluding carboxylic acids is 1. The molecule has 100 valence electrons. The minimum Gasteiger partial charge on any atom is -0.344 e. The predicted molar refractivity (Wildman–Crippen MR) is 71.6 cm³/mol. The van der Waals surface area contributed by atoms with Crippen molar-refractivity contribution in [1.82, 2.24) is 4.90 Å². The molecule has 0 heterocycles. The zero-order valence-electron chi connectivity index (χ0n) is 11.8. The molecule has 3 nitrogen and oxygen atoms in total. The van der Waals surface area contributed by atoms with Gasteiger partial charge >= 0.3 is 0 Å². The number of hydrogen-bond donors (Lipinski definition) is 1. The van der Waals surface area contributed by atoms with Gasteiger partial charge in [-0.25, -0.2) is 0 Å². The van der Waals surface area contributed by atoms with Crippen LogP contribution in [0.1, 0.15) is 52.9 Å². The van der Waals surface area contributed by atoms with Gasteiger partial charge < -0.3 is 10.6 Å². The first kappa shape index (κ1) is 14.5. The van der Waals surface area contributed by atoms with Gasteiger partial charge in [0.05, 0.1) is 6.04 Å². The Morgan fingerprint density at radius 1 is 1.29 bits per heavy atom. The van der Waals surface area contributed by atoms with E-state index < -0.39 is 6.04 Å². The maximum Gasteiger partial charge on any atom is 0.239 e. The molecule has 0 aliphatic heterocycles. The molecule has 1 saturated carbocycles. The topological polar surface area (TPSA) is 46.3 Å². The zero-order chi connectivity index (χ0) is 13.1. The molecule has 3 heteroatoms. The van der Waals surface area contributed by atoms with Crippen LogP contribution in [0.2, 0.25) is 0 Å². The highest BCUT2D eigenvalue weighted by molar-refractivity contribution is 5.82. The Balaban J connectivity index is 2.46. The van der Waals surface area contributed by atoms with Crippen molar-refractivity contribution in [3.8, 4) is 0 Å². The van der Waals surface area contributed by atoms with Crippen LogP contribution in [0.25, 0.3) is 0 Å². The average molecular weight is 240 g/mol. The SMILES string of the molecule is CN(CC1CCCCC1)C(=O)[C@H](N)C(C)(C)C. The van der Waals surface area contributed by atoms with Crippen molar-refractivity contribution < 1.29 is 4.79 Å². The van der Waals surface area contributed by atoms with Gasteiger partial charge in [-0.2, -0.15) is 0 Å². The average Bonchev–Trinajstić information content (AvgIpc) is 2.27. The first-order valence-electron chi connectivity index (χ1n) is 6.83. The van der Waals surface area contributed by atoms with Gasteiger partial charge in [-0.15, -0.1) is 0 Å². The van der Waals surface area contributed by atoms with Crippen molar-refractivity contribution in [3.63, 3.8) is 0 Å². The van der Waals surface area contributed by atoms with Crippen LogP contribution in [0.15, 0.2) is 0 Å². The van der Waals surface area contributed by atoms with Crippen LogP contribution < -0.4 is 5.73 Å². The van der Waals surface area contributed by atoms with E-state index in [1.807, 2.05) is 32.7 Å². The molecule has 0 aromatic rings. The molecule has 1 aliphatic rings. The molecule has 0 spiro atoms. The van der Waals surface area contributed by atoms with Gasteiger partial charge in [-0.1, -0.05) is 40.0 Å². The van der Waals surface area contributed by atoms with E-state index in [1.54, 1.807) is 0 Å². The molecule has 1 rings (SSSR count). The molecule has 2 N–H and O–H groups in total. The Morgan fingerprint density at radius 3 is 2.29 bits per heavy atom. The molecule has 0 unspecified atom stereocenters. The van der Waals surface area contributed by atoms with Gasteiger partial charge in [-0.3, -0.25) is 4.79 Å². The first-order valence-corrected chi connectivity index (χ1v) is 6.83. The van der Waals surface area contributed by atoms with Crippen LogP contribution in [0.3, 0.4) is 0 Å². The summed E-state index contributed by atoms with van der Waals surface area (Å²) < 4.78 is 0. The summed E-state index contributed by atoms with van der Waals surface area (Å²) in [5.74, 6) is 0.771. The highest BCUT2D eigenvalue weighted by Gasteiger charge is 2.30. The quantitative estimate of drug-likeness (QED) is 0.823. The monoisotopic (exact) mass is 240 g/mol. The second-order valence-electron chi connectivity index (χ2n) is 6.57. The summed E-state index contributed by atoms with van der Waals surface area (Å²) in [4.78, 5) is 14.0. The Bertz CT molecular complexity index is 251. The highest BCUT2D eigenvalue weighted by Crippen LogP contribution is 2.25. The van der Waals surface area contributed by atoms with Gasteiger partial charge in [0.25, 0.3) is 0 Å². The lowest BCUT2D eigenvalue weighted by Gasteiger charge is -2.32. The van der Waals surface area contributed by atoms with Gasteiger partial charge in [-0.05, 0) is 24.2 Å². The molecule has 1 fully saturated rings. The number of carbonyl (C=O) groups is 1. The van der Waals surface area contributed by atoms with Crippen molar-refractivity contribution >= 4 is 5.91 Å². The molecule has 0 saturated heterocycles. The number of nitrogens with two attached hydrogens (primary N) is 1. The normalized spacial score (nSPS) is 20.1. The molecule has 0 radical (unpaired) electrons. The molecule has 17 heavy (non-hydrogen) atoms. The van der Waals surface area contributed by atoms with E-state index in [2.05, 4.69) is 0 Å². The third-order valence-electron chi connectivity index (χ3n) is 3.83. The second kappa shape index (κ2) is 5.85. The van der Waals surface area contributed by atoms with E-state index in [1.165, 1.54) is 32.1 Å². The summed E-state index contributed by atoms with van der Waals surface area (Å²) in [7, 11) is 1.89. The first-order chi connectivity index (χ1) is 7.82. The van der Waals surface area contributed by atoms with E-state index in [0.29, 0.717) is 5.92 Å². The molecule has 0 aromatic heterocycles. The summed E-state index contributed by atoms with van der Waals surface area (Å²) >= 11 is 0.